The molecule has 1 aliphatic rings. The van der Waals surface area contributed by atoms with Crippen LogP contribution in [0, 0.1) is 0 Å². The van der Waals surface area contributed by atoms with Crippen LogP contribution in [0.5, 0.6) is 11.5 Å². The first-order chi connectivity index (χ1) is 14.1. The summed E-state index contributed by atoms with van der Waals surface area (Å²) in [7, 11) is 5.28. The van der Waals surface area contributed by atoms with Gasteiger partial charge in [-0.3, -0.25) is 4.90 Å². The highest BCUT2D eigenvalue weighted by atomic mass is 16.5. The van der Waals surface area contributed by atoms with Crippen molar-refractivity contribution >= 4 is 5.96 Å². The second-order valence-electron chi connectivity index (χ2n) is 7.14. The van der Waals surface area contributed by atoms with Crippen molar-refractivity contribution < 1.29 is 9.47 Å². The molecular formula is C20H31N7O2. The number of nitrogens with zero attached hydrogens (tertiary/aromatic N) is 5. The molecule has 2 aromatic rings. The first kappa shape index (κ1) is 20.9. The third kappa shape index (κ3) is 5.83. The van der Waals surface area contributed by atoms with Crippen molar-refractivity contribution in [2.45, 2.75) is 32.5 Å². The smallest absolute Gasteiger partial charge is 0.191 e. The molecular weight excluding hydrogens is 370 g/mol. The van der Waals surface area contributed by atoms with E-state index in [1.807, 2.05) is 17.7 Å². The van der Waals surface area contributed by atoms with Gasteiger partial charge in [-0.1, -0.05) is 0 Å². The van der Waals surface area contributed by atoms with Gasteiger partial charge in [0.15, 0.2) is 11.8 Å². The number of aromatic nitrogens is 3. The third-order valence-electron chi connectivity index (χ3n) is 4.96. The Hall–Kier alpha value is -2.81. The van der Waals surface area contributed by atoms with Gasteiger partial charge in [-0.25, -0.2) is 4.99 Å². The number of rotatable bonds is 8. The first-order valence-electron chi connectivity index (χ1n) is 9.93. The molecule has 9 heteroatoms. The van der Waals surface area contributed by atoms with Crippen LogP contribution in [0.15, 0.2) is 29.5 Å². The summed E-state index contributed by atoms with van der Waals surface area (Å²) in [6.07, 6.45) is 2.75. The highest BCUT2D eigenvalue weighted by Gasteiger charge is 2.23. The van der Waals surface area contributed by atoms with Gasteiger partial charge >= 0.3 is 0 Å². The van der Waals surface area contributed by atoms with Gasteiger partial charge in [-0.15, -0.1) is 10.2 Å². The number of benzene rings is 1. The van der Waals surface area contributed by atoms with E-state index in [1.54, 1.807) is 20.5 Å². The molecule has 3 rings (SSSR count). The fourth-order valence-electron chi connectivity index (χ4n) is 3.42. The molecule has 9 nitrogen and oxygen atoms in total. The molecule has 0 aliphatic carbocycles. The number of nitrogens with one attached hydrogen (secondary N) is 2. The second-order valence-corrected chi connectivity index (χ2v) is 7.14. The molecule has 1 saturated heterocycles. The van der Waals surface area contributed by atoms with Crippen LogP contribution in [0.1, 0.15) is 24.7 Å². The van der Waals surface area contributed by atoms with Gasteiger partial charge in [0, 0.05) is 45.3 Å². The Morgan fingerprint density at radius 2 is 2.00 bits per heavy atom. The van der Waals surface area contributed by atoms with E-state index >= 15 is 0 Å². The van der Waals surface area contributed by atoms with Crippen LogP contribution >= 0.6 is 0 Å². The lowest BCUT2D eigenvalue weighted by molar-refractivity contribution is 0.321. The maximum atomic E-state index is 5.38. The maximum Gasteiger partial charge on any atom is 0.191 e. The zero-order valence-corrected chi connectivity index (χ0v) is 17.7. The van der Waals surface area contributed by atoms with Crippen LogP contribution in [0.4, 0.5) is 0 Å². The van der Waals surface area contributed by atoms with Gasteiger partial charge in [0.25, 0.3) is 0 Å². The van der Waals surface area contributed by atoms with E-state index in [4.69, 9.17) is 9.47 Å². The molecule has 1 aliphatic heterocycles. The van der Waals surface area contributed by atoms with E-state index in [0.29, 0.717) is 12.6 Å². The molecule has 0 radical (unpaired) electrons. The lowest BCUT2D eigenvalue weighted by Crippen LogP contribution is -2.44. The lowest BCUT2D eigenvalue weighted by atomic mass is 10.2. The summed E-state index contributed by atoms with van der Waals surface area (Å²) in [6, 6.07) is 6.37. The summed E-state index contributed by atoms with van der Waals surface area (Å²) in [5.74, 6) is 3.28. The number of likely N-dealkylation sites (tertiary alicyclic amines) is 1. The predicted octanol–water partition coefficient (Wildman–Crippen LogP) is 1.16. The molecule has 0 bridgehead atoms. The summed E-state index contributed by atoms with van der Waals surface area (Å²) in [5.41, 5.74) is 1.18. The molecule has 1 aromatic heterocycles. The number of hydrogen-bond donors (Lipinski definition) is 2. The number of hydrogen-bond acceptors (Lipinski definition) is 6. The summed E-state index contributed by atoms with van der Waals surface area (Å²) in [5, 5.41) is 14.9. The standard InChI is InChI=1S/C20H31N7O2/c1-5-21-20(22-11-19-25-23-14-26(19)2)24-16-6-7-27(13-16)12-15-8-17(28-3)10-18(9-15)29-4/h8-10,14,16H,5-7,11-13H2,1-4H3,(H2,21,22,24). The SMILES string of the molecule is CCNC(=NCc1nncn1C)NC1CCN(Cc2cc(OC)cc(OC)c2)C1. The van der Waals surface area contributed by atoms with Crippen molar-refractivity contribution in [2.75, 3.05) is 33.9 Å². The normalized spacial score (nSPS) is 17.4. The summed E-state index contributed by atoms with van der Waals surface area (Å²) in [4.78, 5) is 7.08. The largest absolute Gasteiger partial charge is 0.497 e. The molecule has 1 unspecified atom stereocenters. The number of aryl methyl sites for hydroxylation is 1. The second kappa shape index (κ2) is 10.1. The predicted molar refractivity (Wildman–Crippen MR) is 112 cm³/mol. The van der Waals surface area contributed by atoms with E-state index in [1.165, 1.54) is 5.56 Å². The number of ether oxygens (including phenoxy) is 2. The average Bonchev–Trinajstić information content (AvgIpc) is 3.34. The summed E-state index contributed by atoms with van der Waals surface area (Å²) in [6.45, 7) is 6.21. The molecule has 0 amide bonds. The fourth-order valence-corrected chi connectivity index (χ4v) is 3.42. The first-order valence-corrected chi connectivity index (χ1v) is 9.93. The number of aliphatic imine (C=N–C) groups is 1. The zero-order valence-electron chi connectivity index (χ0n) is 17.7. The van der Waals surface area contributed by atoms with Crippen LogP contribution in [0.3, 0.4) is 0 Å². The Labute approximate surface area is 172 Å². The van der Waals surface area contributed by atoms with E-state index in [9.17, 15) is 0 Å². The monoisotopic (exact) mass is 401 g/mol. The molecule has 1 aromatic carbocycles. The molecule has 2 N–H and O–H groups in total. The quantitative estimate of drug-likeness (QED) is 0.507. The number of guanidine groups is 1. The fraction of sp³-hybridized carbons (Fsp3) is 0.550. The Morgan fingerprint density at radius 1 is 1.24 bits per heavy atom. The van der Waals surface area contributed by atoms with Crippen molar-refractivity contribution in [3.05, 3.63) is 35.9 Å². The van der Waals surface area contributed by atoms with Crippen LogP contribution in [0.25, 0.3) is 0 Å². The maximum absolute atomic E-state index is 5.38. The zero-order chi connectivity index (χ0) is 20.6. The highest BCUT2D eigenvalue weighted by Crippen LogP contribution is 2.24. The average molecular weight is 402 g/mol. The lowest BCUT2D eigenvalue weighted by Gasteiger charge is -2.19. The van der Waals surface area contributed by atoms with E-state index < -0.39 is 0 Å². The van der Waals surface area contributed by atoms with Gasteiger partial charge in [-0.2, -0.15) is 0 Å². The topological polar surface area (TPSA) is 88.8 Å². The van der Waals surface area contributed by atoms with Gasteiger partial charge < -0.3 is 24.7 Å². The Bertz CT molecular complexity index is 799. The number of methoxy groups -OCH3 is 2. The molecule has 1 atom stereocenters. The van der Waals surface area contributed by atoms with E-state index in [2.05, 4.69) is 49.8 Å². The van der Waals surface area contributed by atoms with Crippen molar-refractivity contribution in [1.29, 1.82) is 0 Å². The summed E-state index contributed by atoms with van der Waals surface area (Å²) >= 11 is 0. The van der Waals surface area contributed by atoms with Gasteiger partial charge in [-0.05, 0) is 31.0 Å². The molecule has 2 heterocycles. The molecule has 158 valence electrons. The van der Waals surface area contributed by atoms with Gasteiger partial charge in [0.1, 0.15) is 24.4 Å². The minimum Gasteiger partial charge on any atom is -0.497 e. The molecule has 1 fully saturated rings. The highest BCUT2D eigenvalue weighted by molar-refractivity contribution is 5.80. The van der Waals surface area contributed by atoms with Crippen molar-refractivity contribution in [3.63, 3.8) is 0 Å². The van der Waals surface area contributed by atoms with Crippen molar-refractivity contribution in [1.82, 2.24) is 30.3 Å². The van der Waals surface area contributed by atoms with E-state index in [-0.39, 0.29) is 0 Å². The molecule has 0 spiro atoms. The minimum absolute atomic E-state index is 0.347. The molecule has 0 saturated carbocycles. The Kier molecular flexibility index (Phi) is 7.29. The summed E-state index contributed by atoms with van der Waals surface area (Å²) < 4.78 is 12.6. The van der Waals surface area contributed by atoms with Crippen molar-refractivity contribution in [3.8, 4) is 11.5 Å². The van der Waals surface area contributed by atoms with Gasteiger partial charge in [0.2, 0.25) is 0 Å². The Balaban J connectivity index is 1.57. The van der Waals surface area contributed by atoms with Crippen LogP contribution < -0.4 is 20.1 Å². The van der Waals surface area contributed by atoms with Gasteiger partial charge in [0.05, 0.1) is 14.2 Å². The Morgan fingerprint density at radius 3 is 2.62 bits per heavy atom. The van der Waals surface area contributed by atoms with Crippen molar-refractivity contribution in [2.24, 2.45) is 12.0 Å². The third-order valence-corrected chi connectivity index (χ3v) is 4.96. The van der Waals surface area contributed by atoms with Crippen LogP contribution in [-0.4, -0.2) is 65.5 Å². The van der Waals surface area contributed by atoms with Crippen LogP contribution in [-0.2, 0) is 20.1 Å². The molecule has 29 heavy (non-hydrogen) atoms. The van der Waals surface area contributed by atoms with Crippen LogP contribution in [0.2, 0.25) is 0 Å². The van der Waals surface area contributed by atoms with E-state index in [0.717, 1.165) is 55.9 Å². The minimum atomic E-state index is 0.347.